The minimum atomic E-state index is 0.756. The molecular formula is C15H16ClNO. The van der Waals surface area contributed by atoms with Gasteiger partial charge in [0.25, 0.3) is 0 Å². The molecule has 0 aliphatic carbocycles. The molecule has 0 unspecified atom stereocenters. The van der Waals surface area contributed by atoms with Crippen molar-refractivity contribution in [2.24, 2.45) is 0 Å². The molecule has 0 aliphatic heterocycles. The van der Waals surface area contributed by atoms with Crippen molar-refractivity contribution in [3.63, 3.8) is 0 Å². The molecule has 0 atom stereocenters. The van der Waals surface area contributed by atoms with E-state index in [1.165, 1.54) is 0 Å². The van der Waals surface area contributed by atoms with E-state index in [0.29, 0.717) is 0 Å². The Kier molecular flexibility index (Phi) is 4.11. The first-order valence-electron chi connectivity index (χ1n) is 5.82. The lowest BCUT2D eigenvalue weighted by atomic mass is 10.2. The maximum atomic E-state index is 5.95. The van der Waals surface area contributed by atoms with Gasteiger partial charge in [0.15, 0.2) is 0 Å². The van der Waals surface area contributed by atoms with Crippen LogP contribution in [0.4, 0.5) is 5.69 Å². The number of hydrogen-bond acceptors (Lipinski definition) is 2. The highest BCUT2D eigenvalue weighted by molar-refractivity contribution is 6.30. The molecule has 94 valence electrons. The van der Waals surface area contributed by atoms with Gasteiger partial charge in [-0.1, -0.05) is 23.7 Å². The summed E-state index contributed by atoms with van der Waals surface area (Å²) in [6, 6.07) is 13.9. The van der Waals surface area contributed by atoms with Crippen LogP contribution in [-0.2, 0) is 6.54 Å². The lowest BCUT2D eigenvalue weighted by Crippen LogP contribution is -1.99. The maximum absolute atomic E-state index is 5.95. The molecule has 0 fully saturated rings. The molecule has 0 spiro atoms. The number of benzene rings is 2. The van der Waals surface area contributed by atoms with Gasteiger partial charge in [0, 0.05) is 17.3 Å². The Labute approximate surface area is 113 Å². The second-order valence-corrected chi connectivity index (χ2v) is 4.60. The van der Waals surface area contributed by atoms with Crippen LogP contribution >= 0.6 is 11.6 Å². The SMILES string of the molecule is COc1ccc(NCc2cccc(Cl)c2)cc1C. The third kappa shape index (κ3) is 3.17. The van der Waals surface area contributed by atoms with Gasteiger partial charge in [-0.05, 0) is 48.4 Å². The zero-order valence-corrected chi connectivity index (χ0v) is 11.3. The van der Waals surface area contributed by atoms with Crippen LogP contribution < -0.4 is 10.1 Å². The van der Waals surface area contributed by atoms with Gasteiger partial charge in [-0.15, -0.1) is 0 Å². The van der Waals surface area contributed by atoms with Crippen LogP contribution in [0, 0.1) is 6.92 Å². The zero-order chi connectivity index (χ0) is 13.0. The Morgan fingerprint density at radius 1 is 1.17 bits per heavy atom. The monoisotopic (exact) mass is 261 g/mol. The number of nitrogens with one attached hydrogen (secondary N) is 1. The number of hydrogen-bond donors (Lipinski definition) is 1. The minimum absolute atomic E-state index is 0.756. The summed E-state index contributed by atoms with van der Waals surface area (Å²) in [5.41, 5.74) is 3.36. The van der Waals surface area contributed by atoms with Crippen LogP contribution in [0.15, 0.2) is 42.5 Å². The van der Waals surface area contributed by atoms with Crippen molar-refractivity contribution in [2.45, 2.75) is 13.5 Å². The van der Waals surface area contributed by atoms with Gasteiger partial charge in [-0.2, -0.15) is 0 Å². The van der Waals surface area contributed by atoms with E-state index in [1.807, 2.05) is 37.3 Å². The van der Waals surface area contributed by atoms with Gasteiger partial charge >= 0.3 is 0 Å². The van der Waals surface area contributed by atoms with E-state index in [0.717, 1.165) is 34.1 Å². The largest absolute Gasteiger partial charge is 0.496 e. The lowest BCUT2D eigenvalue weighted by Gasteiger charge is -2.10. The molecule has 0 radical (unpaired) electrons. The summed E-state index contributed by atoms with van der Waals surface area (Å²) >= 11 is 5.95. The standard InChI is InChI=1S/C15H16ClNO/c1-11-8-14(6-7-15(11)18-2)17-10-12-4-3-5-13(16)9-12/h3-9,17H,10H2,1-2H3. The van der Waals surface area contributed by atoms with Crippen molar-refractivity contribution < 1.29 is 4.74 Å². The van der Waals surface area contributed by atoms with Crippen LogP contribution in [0.5, 0.6) is 5.75 Å². The van der Waals surface area contributed by atoms with E-state index in [9.17, 15) is 0 Å². The second-order valence-electron chi connectivity index (χ2n) is 4.17. The van der Waals surface area contributed by atoms with E-state index < -0.39 is 0 Å². The molecule has 18 heavy (non-hydrogen) atoms. The third-order valence-electron chi connectivity index (χ3n) is 2.78. The molecule has 3 heteroatoms. The molecule has 1 N–H and O–H groups in total. The van der Waals surface area contributed by atoms with Gasteiger partial charge in [-0.25, -0.2) is 0 Å². The van der Waals surface area contributed by atoms with Gasteiger partial charge < -0.3 is 10.1 Å². The predicted molar refractivity (Wildman–Crippen MR) is 76.5 cm³/mol. The van der Waals surface area contributed by atoms with Crippen LogP contribution in [0.1, 0.15) is 11.1 Å². The molecule has 0 amide bonds. The van der Waals surface area contributed by atoms with E-state index in [4.69, 9.17) is 16.3 Å². The number of rotatable bonds is 4. The smallest absolute Gasteiger partial charge is 0.121 e. The van der Waals surface area contributed by atoms with E-state index in [2.05, 4.69) is 17.4 Å². The number of anilines is 1. The normalized spacial score (nSPS) is 10.2. The van der Waals surface area contributed by atoms with Crippen LogP contribution in [0.3, 0.4) is 0 Å². The highest BCUT2D eigenvalue weighted by atomic mass is 35.5. The minimum Gasteiger partial charge on any atom is -0.496 e. The first kappa shape index (κ1) is 12.8. The van der Waals surface area contributed by atoms with Gasteiger partial charge in [0.1, 0.15) is 5.75 Å². The van der Waals surface area contributed by atoms with Gasteiger partial charge in [-0.3, -0.25) is 0 Å². The van der Waals surface area contributed by atoms with E-state index in [1.54, 1.807) is 7.11 Å². The molecule has 0 aliphatic rings. The molecule has 0 saturated heterocycles. The summed E-state index contributed by atoms with van der Waals surface area (Å²) in [5.74, 6) is 0.906. The van der Waals surface area contributed by atoms with Crippen molar-refractivity contribution in [1.29, 1.82) is 0 Å². The summed E-state index contributed by atoms with van der Waals surface area (Å²) in [6.07, 6.45) is 0. The summed E-state index contributed by atoms with van der Waals surface area (Å²) < 4.78 is 5.23. The quantitative estimate of drug-likeness (QED) is 0.888. The van der Waals surface area contributed by atoms with Crippen molar-refractivity contribution in [3.8, 4) is 5.75 Å². The fourth-order valence-electron chi connectivity index (χ4n) is 1.84. The zero-order valence-electron chi connectivity index (χ0n) is 10.5. The van der Waals surface area contributed by atoms with Crippen molar-refractivity contribution >= 4 is 17.3 Å². The lowest BCUT2D eigenvalue weighted by molar-refractivity contribution is 0.412. The molecule has 2 aromatic carbocycles. The van der Waals surface area contributed by atoms with Gasteiger partial charge in [0.2, 0.25) is 0 Å². The summed E-state index contributed by atoms with van der Waals surface area (Å²) in [6.45, 7) is 2.79. The van der Waals surface area contributed by atoms with E-state index in [-0.39, 0.29) is 0 Å². The number of methoxy groups -OCH3 is 1. The van der Waals surface area contributed by atoms with Crippen molar-refractivity contribution in [3.05, 3.63) is 58.6 Å². The Morgan fingerprint density at radius 3 is 2.67 bits per heavy atom. The topological polar surface area (TPSA) is 21.3 Å². The first-order chi connectivity index (χ1) is 8.69. The molecule has 0 bridgehead atoms. The Morgan fingerprint density at radius 2 is 2.00 bits per heavy atom. The highest BCUT2D eigenvalue weighted by Crippen LogP contribution is 2.22. The summed E-state index contributed by atoms with van der Waals surface area (Å²) in [5, 5.41) is 4.13. The van der Waals surface area contributed by atoms with Crippen LogP contribution in [0.25, 0.3) is 0 Å². The average molecular weight is 262 g/mol. The first-order valence-corrected chi connectivity index (χ1v) is 6.20. The van der Waals surface area contributed by atoms with Crippen molar-refractivity contribution in [1.82, 2.24) is 0 Å². The summed E-state index contributed by atoms with van der Waals surface area (Å²) in [4.78, 5) is 0. The predicted octanol–water partition coefficient (Wildman–Crippen LogP) is 4.27. The maximum Gasteiger partial charge on any atom is 0.121 e. The van der Waals surface area contributed by atoms with Crippen LogP contribution in [-0.4, -0.2) is 7.11 Å². The number of halogens is 1. The number of aryl methyl sites for hydroxylation is 1. The molecule has 2 nitrogen and oxygen atoms in total. The molecule has 0 saturated carbocycles. The average Bonchev–Trinajstić information content (AvgIpc) is 2.37. The number of ether oxygens (including phenoxy) is 1. The molecule has 2 rings (SSSR count). The van der Waals surface area contributed by atoms with Crippen molar-refractivity contribution in [2.75, 3.05) is 12.4 Å². The molecular weight excluding hydrogens is 246 g/mol. The molecule has 0 aromatic heterocycles. The van der Waals surface area contributed by atoms with E-state index >= 15 is 0 Å². The Bertz CT molecular complexity index is 540. The third-order valence-corrected chi connectivity index (χ3v) is 3.02. The van der Waals surface area contributed by atoms with Gasteiger partial charge in [0.05, 0.1) is 7.11 Å². The van der Waals surface area contributed by atoms with Crippen LogP contribution in [0.2, 0.25) is 5.02 Å². The molecule has 0 heterocycles. The fraction of sp³-hybridized carbons (Fsp3) is 0.200. The molecule has 2 aromatic rings. The Balaban J connectivity index is 2.04. The fourth-order valence-corrected chi connectivity index (χ4v) is 2.05. The highest BCUT2D eigenvalue weighted by Gasteiger charge is 2.00. The summed E-state index contributed by atoms with van der Waals surface area (Å²) in [7, 11) is 1.68. The second kappa shape index (κ2) is 5.78. The Hall–Kier alpha value is -1.67.